The second-order valence-corrected chi connectivity index (χ2v) is 4.84. The summed E-state index contributed by atoms with van der Waals surface area (Å²) in [4.78, 5) is 22.8. The fourth-order valence-electron chi connectivity index (χ4n) is 2.62. The van der Waals surface area contributed by atoms with Crippen LogP contribution in [-0.2, 0) is 9.59 Å². The van der Waals surface area contributed by atoms with Crippen LogP contribution in [0.5, 0.6) is 5.75 Å². The molecule has 5 nitrogen and oxygen atoms in total. The van der Waals surface area contributed by atoms with Gasteiger partial charge in [-0.05, 0) is 25.0 Å². The van der Waals surface area contributed by atoms with Gasteiger partial charge in [-0.25, -0.2) is 0 Å². The average molecular weight is 263 g/mol. The lowest BCUT2D eigenvalue weighted by Crippen LogP contribution is -2.26. The molecule has 2 atom stereocenters. The standard InChI is InChI=1S/C14H17NO4/c1-7-4-5-8(2)13(19-3)11(7)12-9(14(17)18)6-10(16)15-12/h4-5,9,12H,6H2,1-3H3,(H,15,16)(H,17,18). The molecule has 1 heterocycles. The van der Waals surface area contributed by atoms with Crippen LogP contribution in [0.15, 0.2) is 12.1 Å². The van der Waals surface area contributed by atoms with Crippen LogP contribution in [0.25, 0.3) is 0 Å². The predicted molar refractivity (Wildman–Crippen MR) is 69.1 cm³/mol. The molecule has 1 aromatic rings. The summed E-state index contributed by atoms with van der Waals surface area (Å²) in [6.07, 6.45) is 0.0105. The van der Waals surface area contributed by atoms with Crippen LogP contribution in [0.4, 0.5) is 0 Å². The van der Waals surface area contributed by atoms with E-state index in [0.29, 0.717) is 5.75 Å². The summed E-state index contributed by atoms with van der Waals surface area (Å²) in [5.41, 5.74) is 2.61. The Morgan fingerprint density at radius 3 is 2.58 bits per heavy atom. The topological polar surface area (TPSA) is 75.6 Å². The van der Waals surface area contributed by atoms with E-state index in [1.807, 2.05) is 26.0 Å². The number of methoxy groups -OCH3 is 1. The van der Waals surface area contributed by atoms with Crippen LogP contribution in [0.1, 0.15) is 29.2 Å². The molecule has 1 fully saturated rings. The molecule has 0 aromatic heterocycles. The number of ether oxygens (including phenoxy) is 1. The highest BCUT2D eigenvalue weighted by Gasteiger charge is 2.40. The van der Waals surface area contributed by atoms with Crippen LogP contribution in [0.3, 0.4) is 0 Å². The number of hydrogen-bond donors (Lipinski definition) is 2. The van der Waals surface area contributed by atoms with E-state index in [-0.39, 0.29) is 12.3 Å². The van der Waals surface area contributed by atoms with Gasteiger partial charge in [0.1, 0.15) is 5.75 Å². The van der Waals surface area contributed by atoms with E-state index >= 15 is 0 Å². The number of benzene rings is 1. The summed E-state index contributed by atoms with van der Waals surface area (Å²) in [6, 6.07) is 3.31. The number of aryl methyl sites for hydroxylation is 2. The van der Waals surface area contributed by atoms with Crippen molar-refractivity contribution < 1.29 is 19.4 Å². The highest BCUT2D eigenvalue weighted by Crippen LogP contribution is 2.39. The number of carbonyl (C=O) groups excluding carboxylic acids is 1. The Balaban J connectivity index is 2.54. The van der Waals surface area contributed by atoms with E-state index in [1.165, 1.54) is 0 Å². The lowest BCUT2D eigenvalue weighted by atomic mass is 9.89. The van der Waals surface area contributed by atoms with Gasteiger partial charge in [0.2, 0.25) is 5.91 Å². The second kappa shape index (κ2) is 4.91. The minimum absolute atomic E-state index is 0.0105. The maximum atomic E-state index is 11.5. The van der Waals surface area contributed by atoms with Crippen molar-refractivity contribution in [2.75, 3.05) is 7.11 Å². The van der Waals surface area contributed by atoms with E-state index < -0.39 is 17.9 Å². The monoisotopic (exact) mass is 263 g/mol. The van der Waals surface area contributed by atoms with E-state index in [0.717, 1.165) is 16.7 Å². The Bertz CT molecular complexity index is 538. The fourth-order valence-corrected chi connectivity index (χ4v) is 2.62. The molecule has 1 amide bonds. The number of amides is 1. The van der Waals surface area contributed by atoms with Gasteiger partial charge in [0.05, 0.1) is 19.1 Å². The molecule has 1 aromatic carbocycles. The van der Waals surface area contributed by atoms with Gasteiger partial charge >= 0.3 is 5.97 Å². The molecule has 0 spiro atoms. The maximum absolute atomic E-state index is 11.5. The van der Waals surface area contributed by atoms with Crippen molar-refractivity contribution in [2.24, 2.45) is 5.92 Å². The van der Waals surface area contributed by atoms with E-state index in [4.69, 9.17) is 4.74 Å². The van der Waals surface area contributed by atoms with Gasteiger partial charge in [-0.1, -0.05) is 12.1 Å². The van der Waals surface area contributed by atoms with Crippen LogP contribution in [0.2, 0.25) is 0 Å². The van der Waals surface area contributed by atoms with Crippen LogP contribution in [0, 0.1) is 19.8 Å². The van der Waals surface area contributed by atoms with E-state index in [2.05, 4.69) is 5.32 Å². The Morgan fingerprint density at radius 1 is 1.37 bits per heavy atom. The van der Waals surface area contributed by atoms with Gasteiger partial charge in [0, 0.05) is 12.0 Å². The zero-order valence-corrected chi connectivity index (χ0v) is 11.2. The van der Waals surface area contributed by atoms with Crippen molar-refractivity contribution in [3.05, 3.63) is 28.8 Å². The normalized spacial score (nSPS) is 22.2. The molecule has 2 N–H and O–H groups in total. The van der Waals surface area contributed by atoms with Crippen molar-refractivity contribution in [1.29, 1.82) is 0 Å². The molecule has 0 saturated carbocycles. The van der Waals surface area contributed by atoms with Gasteiger partial charge < -0.3 is 15.2 Å². The van der Waals surface area contributed by atoms with Crippen LogP contribution in [-0.4, -0.2) is 24.1 Å². The largest absolute Gasteiger partial charge is 0.496 e. The Kier molecular flexibility index (Phi) is 3.46. The molecule has 1 saturated heterocycles. The first-order valence-electron chi connectivity index (χ1n) is 6.12. The number of rotatable bonds is 3. The van der Waals surface area contributed by atoms with Gasteiger partial charge in [0.15, 0.2) is 0 Å². The van der Waals surface area contributed by atoms with Gasteiger partial charge in [-0.2, -0.15) is 0 Å². The van der Waals surface area contributed by atoms with Gasteiger partial charge in [-0.15, -0.1) is 0 Å². The molecule has 2 unspecified atom stereocenters. The van der Waals surface area contributed by atoms with Crippen molar-refractivity contribution in [2.45, 2.75) is 26.3 Å². The number of nitrogens with one attached hydrogen (secondary N) is 1. The summed E-state index contributed by atoms with van der Waals surface area (Å²) in [7, 11) is 1.55. The summed E-state index contributed by atoms with van der Waals surface area (Å²) < 4.78 is 5.39. The van der Waals surface area contributed by atoms with Crippen molar-refractivity contribution >= 4 is 11.9 Å². The predicted octanol–water partition coefficient (Wildman–Crippen LogP) is 1.57. The zero-order chi connectivity index (χ0) is 14.2. The third-order valence-electron chi connectivity index (χ3n) is 3.57. The molecule has 5 heteroatoms. The maximum Gasteiger partial charge on any atom is 0.309 e. The van der Waals surface area contributed by atoms with Crippen molar-refractivity contribution in [3.8, 4) is 5.75 Å². The van der Waals surface area contributed by atoms with Gasteiger partial charge in [0.25, 0.3) is 0 Å². The number of carboxylic acids is 1. The quantitative estimate of drug-likeness (QED) is 0.868. The summed E-state index contributed by atoms with van der Waals surface area (Å²) in [5, 5.41) is 12.0. The molecule has 19 heavy (non-hydrogen) atoms. The molecule has 0 aliphatic carbocycles. The minimum atomic E-state index is -0.966. The Hall–Kier alpha value is -2.04. The molecule has 1 aliphatic rings. The third kappa shape index (κ3) is 2.28. The SMILES string of the molecule is COc1c(C)ccc(C)c1C1NC(=O)CC1C(=O)O. The fraction of sp³-hybridized carbons (Fsp3) is 0.429. The lowest BCUT2D eigenvalue weighted by Gasteiger charge is -2.22. The zero-order valence-electron chi connectivity index (χ0n) is 11.2. The highest BCUT2D eigenvalue weighted by atomic mass is 16.5. The highest BCUT2D eigenvalue weighted by molar-refractivity contribution is 5.87. The summed E-state index contributed by atoms with van der Waals surface area (Å²) >= 11 is 0. The minimum Gasteiger partial charge on any atom is -0.496 e. The first-order chi connectivity index (χ1) is 8.95. The van der Waals surface area contributed by atoms with E-state index in [9.17, 15) is 14.7 Å². The Labute approximate surface area is 111 Å². The molecular weight excluding hydrogens is 246 g/mol. The first kappa shape index (κ1) is 13.4. The molecule has 0 radical (unpaired) electrons. The summed E-state index contributed by atoms with van der Waals surface area (Å²) in [6.45, 7) is 3.79. The van der Waals surface area contributed by atoms with E-state index in [1.54, 1.807) is 7.11 Å². The number of aliphatic carboxylic acids is 1. The average Bonchev–Trinajstić information content (AvgIpc) is 2.73. The number of carboxylic acid groups (broad SMARTS) is 1. The van der Waals surface area contributed by atoms with Crippen molar-refractivity contribution in [3.63, 3.8) is 0 Å². The molecule has 102 valence electrons. The molecular formula is C14H17NO4. The second-order valence-electron chi connectivity index (χ2n) is 4.84. The lowest BCUT2D eigenvalue weighted by molar-refractivity contribution is -0.142. The van der Waals surface area contributed by atoms with Crippen LogP contribution < -0.4 is 10.1 Å². The van der Waals surface area contributed by atoms with Crippen molar-refractivity contribution in [1.82, 2.24) is 5.32 Å². The smallest absolute Gasteiger partial charge is 0.309 e. The summed E-state index contributed by atoms with van der Waals surface area (Å²) in [5.74, 6) is -1.30. The third-order valence-corrected chi connectivity index (χ3v) is 3.57. The Morgan fingerprint density at radius 2 is 2.00 bits per heavy atom. The van der Waals surface area contributed by atoms with Gasteiger partial charge in [-0.3, -0.25) is 9.59 Å². The van der Waals surface area contributed by atoms with Crippen LogP contribution >= 0.6 is 0 Å². The number of hydrogen-bond acceptors (Lipinski definition) is 3. The molecule has 0 bridgehead atoms. The molecule has 1 aliphatic heterocycles. The number of carbonyl (C=O) groups is 2. The first-order valence-corrected chi connectivity index (χ1v) is 6.12. The molecule has 2 rings (SSSR count).